The van der Waals surface area contributed by atoms with Crippen LogP contribution in [0.2, 0.25) is 0 Å². The number of imide groups is 1. The van der Waals surface area contributed by atoms with E-state index in [4.69, 9.17) is 9.47 Å². The zero-order valence-electron chi connectivity index (χ0n) is 19.0. The molecule has 1 fully saturated rings. The fourth-order valence-corrected chi connectivity index (χ4v) is 4.12. The molecule has 0 saturated carbocycles. The van der Waals surface area contributed by atoms with Gasteiger partial charge < -0.3 is 9.47 Å². The highest BCUT2D eigenvalue weighted by atomic mass is 32.2. The number of carbonyl (C=O) groups is 2. The van der Waals surface area contributed by atoms with Crippen LogP contribution in [-0.4, -0.2) is 32.6 Å². The molecule has 10 heteroatoms. The molecule has 4 rings (SSSR count). The molecule has 0 spiro atoms. The third-order valence-electron chi connectivity index (χ3n) is 5.05. The second-order valence-corrected chi connectivity index (χ2v) is 8.60. The lowest BCUT2D eigenvalue weighted by Gasteiger charge is -2.13. The van der Waals surface area contributed by atoms with Gasteiger partial charge in [0.25, 0.3) is 16.8 Å². The first-order valence-electron chi connectivity index (χ1n) is 10.7. The number of amides is 2. The average Bonchev–Trinajstić information content (AvgIpc) is 3.10. The van der Waals surface area contributed by atoms with Crippen LogP contribution < -0.4 is 9.47 Å². The molecule has 178 valence electrons. The van der Waals surface area contributed by atoms with Crippen molar-refractivity contribution in [2.75, 3.05) is 6.61 Å². The monoisotopic (exact) mass is 491 g/mol. The van der Waals surface area contributed by atoms with Crippen molar-refractivity contribution in [1.29, 1.82) is 0 Å². The Morgan fingerprint density at radius 1 is 1.09 bits per heavy atom. The minimum Gasteiger partial charge on any atom is -0.490 e. The largest absolute Gasteiger partial charge is 0.490 e. The molecule has 0 bridgehead atoms. The van der Waals surface area contributed by atoms with E-state index in [9.17, 15) is 19.7 Å². The standard InChI is InChI=1S/C25H21N3O6S/c1-3-33-21-12-18(8-10-20(21)34-23-11-9-19(14-26-23)28(31)32)13-22-24(29)27(25(30)35-22)15-17-6-4-16(2)5-7-17/h4-14H,3,15H2,1-2H3/b22-13-. The topological polar surface area (TPSA) is 112 Å². The van der Waals surface area contributed by atoms with Crippen LogP contribution in [0.5, 0.6) is 17.4 Å². The number of thioether (sulfide) groups is 1. The molecule has 2 amide bonds. The first kappa shape index (κ1) is 24.0. The third kappa shape index (κ3) is 5.67. The van der Waals surface area contributed by atoms with Gasteiger partial charge in [0, 0.05) is 12.1 Å². The van der Waals surface area contributed by atoms with Crippen molar-refractivity contribution >= 4 is 34.7 Å². The molecular formula is C25H21N3O6S. The number of pyridine rings is 1. The Balaban J connectivity index is 1.53. The molecule has 35 heavy (non-hydrogen) atoms. The lowest BCUT2D eigenvalue weighted by atomic mass is 10.1. The number of nitrogens with zero attached hydrogens (tertiary/aromatic N) is 3. The first-order chi connectivity index (χ1) is 16.8. The van der Waals surface area contributed by atoms with Crippen LogP contribution in [-0.2, 0) is 11.3 Å². The molecule has 9 nitrogen and oxygen atoms in total. The highest BCUT2D eigenvalue weighted by molar-refractivity contribution is 8.18. The van der Waals surface area contributed by atoms with E-state index in [2.05, 4.69) is 4.98 Å². The third-order valence-corrected chi connectivity index (χ3v) is 5.95. The molecule has 1 saturated heterocycles. The van der Waals surface area contributed by atoms with Gasteiger partial charge in [-0.1, -0.05) is 35.9 Å². The normalized spacial score (nSPS) is 14.5. The van der Waals surface area contributed by atoms with Crippen LogP contribution in [0.15, 0.2) is 65.7 Å². The summed E-state index contributed by atoms with van der Waals surface area (Å²) in [5.74, 6) is 0.577. The summed E-state index contributed by atoms with van der Waals surface area (Å²) in [6.07, 6.45) is 2.74. The van der Waals surface area contributed by atoms with Crippen molar-refractivity contribution in [3.05, 3.63) is 92.5 Å². The van der Waals surface area contributed by atoms with Crippen LogP contribution in [0.4, 0.5) is 10.5 Å². The number of carbonyl (C=O) groups excluding carboxylic acids is 2. The number of rotatable bonds is 8. The zero-order chi connectivity index (χ0) is 24.9. The van der Waals surface area contributed by atoms with Gasteiger partial charge in [0.05, 0.1) is 23.0 Å². The first-order valence-corrected chi connectivity index (χ1v) is 11.5. The Bertz CT molecular complexity index is 1310. The SMILES string of the molecule is CCOc1cc(/C=C2\SC(=O)N(Cc3ccc(C)cc3)C2=O)ccc1Oc1ccc([N+](=O)[O-])cn1. The van der Waals surface area contributed by atoms with E-state index < -0.39 is 4.92 Å². The maximum absolute atomic E-state index is 12.9. The molecule has 0 aliphatic carbocycles. The minimum absolute atomic E-state index is 0.144. The second-order valence-electron chi connectivity index (χ2n) is 7.61. The Labute approximate surface area is 205 Å². The maximum atomic E-state index is 12.9. The van der Waals surface area contributed by atoms with Crippen LogP contribution in [0.3, 0.4) is 0 Å². The van der Waals surface area contributed by atoms with Gasteiger partial charge in [-0.05, 0) is 54.9 Å². The Morgan fingerprint density at radius 3 is 2.51 bits per heavy atom. The molecule has 3 aromatic rings. The summed E-state index contributed by atoms with van der Waals surface area (Å²) in [4.78, 5) is 41.1. The van der Waals surface area contributed by atoms with Gasteiger partial charge in [-0.15, -0.1) is 0 Å². The molecule has 0 unspecified atom stereocenters. The molecule has 2 aromatic carbocycles. The number of aromatic nitrogens is 1. The summed E-state index contributed by atoms with van der Waals surface area (Å²) in [6.45, 7) is 4.36. The number of aryl methyl sites for hydroxylation is 1. The average molecular weight is 492 g/mol. The molecule has 0 N–H and O–H groups in total. The van der Waals surface area contributed by atoms with E-state index in [1.54, 1.807) is 24.3 Å². The zero-order valence-corrected chi connectivity index (χ0v) is 19.8. The van der Waals surface area contributed by atoms with E-state index in [1.807, 2.05) is 38.1 Å². The molecule has 2 heterocycles. The Morgan fingerprint density at radius 2 is 1.86 bits per heavy atom. The van der Waals surface area contributed by atoms with E-state index in [0.717, 1.165) is 29.1 Å². The highest BCUT2D eigenvalue weighted by Gasteiger charge is 2.35. The quantitative estimate of drug-likeness (QED) is 0.223. The van der Waals surface area contributed by atoms with Gasteiger partial charge in [-0.3, -0.25) is 24.6 Å². The maximum Gasteiger partial charge on any atom is 0.293 e. The van der Waals surface area contributed by atoms with E-state index >= 15 is 0 Å². The van der Waals surface area contributed by atoms with Gasteiger partial charge in [0.2, 0.25) is 5.88 Å². The van der Waals surface area contributed by atoms with Crippen molar-refractivity contribution < 1.29 is 24.0 Å². The van der Waals surface area contributed by atoms with Crippen molar-refractivity contribution in [2.45, 2.75) is 20.4 Å². The molecule has 0 radical (unpaired) electrons. The van der Waals surface area contributed by atoms with Crippen LogP contribution in [0, 0.1) is 17.0 Å². The summed E-state index contributed by atoms with van der Waals surface area (Å²) < 4.78 is 11.4. The predicted octanol–water partition coefficient (Wildman–Crippen LogP) is 5.73. The molecular weight excluding hydrogens is 470 g/mol. The van der Waals surface area contributed by atoms with Crippen molar-refractivity contribution in [3.63, 3.8) is 0 Å². The summed E-state index contributed by atoms with van der Waals surface area (Å²) >= 11 is 0.890. The smallest absolute Gasteiger partial charge is 0.293 e. The predicted molar refractivity (Wildman–Crippen MR) is 131 cm³/mol. The van der Waals surface area contributed by atoms with Crippen molar-refractivity contribution in [1.82, 2.24) is 9.88 Å². The highest BCUT2D eigenvalue weighted by Crippen LogP contribution is 2.36. The molecule has 1 aromatic heterocycles. The fourth-order valence-electron chi connectivity index (χ4n) is 3.28. The number of hydrogen-bond acceptors (Lipinski definition) is 8. The number of nitro groups is 1. The van der Waals surface area contributed by atoms with Crippen molar-refractivity contribution in [3.8, 4) is 17.4 Å². The molecule has 1 aliphatic heterocycles. The fraction of sp³-hybridized carbons (Fsp3) is 0.160. The Kier molecular flexibility index (Phi) is 7.11. The van der Waals surface area contributed by atoms with Gasteiger partial charge in [0.1, 0.15) is 6.20 Å². The number of hydrogen-bond donors (Lipinski definition) is 0. The number of benzene rings is 2. The van der Waals surface area contributed by atoms with Gasteiger partial charge in [-0.25, -0.2) is 4.98 Å². The van der Waals surface area contributed by atoms with Gasteiger partial charge >= 0.3 is 0 Å². The Hall–Kier alpha value is -4.18. The summed E-state index contributed by atoms with van der Waals surface area (Å²) in [5.41, 5.74) is 2.48. The molecule has 0 atom stereocenters. The lowest BCUT2D eigenvalue weighted by molar-refractivity contribution is -0.385. The van der Waals surface area contributed by atoms with Crippen molar-refractivity contribution in [2.24, 2.45) is 0 Å². The van der Waals surface area contributed by atoms with Gasteiger partial charge in [-0.2, -0.15) is 0 Å². The van der Waals surface area contributed by atoms with Crippen LogP contribution in [0.25, 0.3) is 6.08 Å². The summed E-state index contributed by atoms with van der Waals surface area (Å²) in [5, 5.41) is 10.5. The van der Waals surface area contributed by atoms with E-state index in [-0.39, 0.29) is 29.3 Å². The summed E-state index contributed by atoms with van der Waals surface area (Å²) in [7, 11) is 0. The number of ether oxygens (including phenoxy) is 2. The minimum atomic E-state index is -0.542. The van der Waals surface area contributed by atoms with Crippen LogP contribution >= 0.6 is 11.8 Å². The van der Waals surface area contributed by atoms with Gasteiger partial charge in [0.15, 0.2) is 11.5 Å². The van der Waals surface area contributed by atoms with Crippen LogP contribution in [0.1, 0.15) is 23.6 Å². The van der Waals surface area contributed by atoms with E-state index in [0.29, 0.717) is 28.6 Å². The summed E-state index contributed by atoms with van der Waals surface area (Å²) in [6, 6.07) is 15.4. The lowest BCUT2D eigenvalue weighted by Crippen LogP contribution is -2.27. The second kappa shape index (κ2) is 10.4. The van der Waals surface area contributed by atoms with E-state index in [1.165, 1.54) is 17.0 Å². The molecule has 1 aliphatic rings.